The van der Waals surface area contributed by atoms with Crippen molar-refractivity contribution in [3.63, 3.8) is 0 Å². The number of rotatable bonds is 7. The summed E-state index contributed by atoms with van der Waals surface area (Å²) >= 11 is 0. The number of nitrogens with one attached hydrogen (secondary N) is 2. The van der Waals surface area contributed by atoms with Gasteiger partial charge in [-0.25, -0.2) is 0 Å². The molecule has 0 saturated carbocycles. The first-order chi connectivity index (χ1) is 10.0. The highest BCUT2D eigenvalue weighted by atomic mass is 127. The Bertz CT molecular complexity index is 310. The molecule has 0 unspecified atom stereocenters. The Balaban J connectivity index is 0.00000441. The van der Waals surface area contributed by atoms with Crippen molar-refractivity contribution in [2.24, 2.45) is 4.99 Å². The number of hydrogen-bond acceptors (Lipinski definition) is 3. The van der Waals surface area contributed by atoms with E-state index in [9.17, 15) is 13.2 Å². The fourth-order valence-corrected chi connectivity index (χ4v) is 1.97. The van der Waals surface area contributed by atoms with Gasteiger partial charge in [-0.1, -0.05) is 0 Å². The van der Waals surface area contributed by atoms with Crippen LogP contribution in [0.1, 0.15) is 19.8 Å². The molecule has 0 atom stereocenters. The molecule has 1 saturated heterocycles. The maximum atomic E-state index is 12.1. The minimum atomic E-state index is -4.14. The van der Waals surface area contributed by atoms with E-state index in [0.717, 1.165) is 39.3 Å². The van der Waals surface area contributed by atoms with Gasteiger partial charge in [0.1, 0.15) is 0 Å². The molecule has 0 spiro atoms. The quantitative estimate of drug-likeness (QED) is 0.276. The number of nitrogens with zero attached hydrogens (tertiary/aromatic N) is 2. The van der Waals surface area contributed by atoms with Crippen LogP contribution in [0.4, 0.5) is 13.2 Å². The summed E-state index contributed by atoms with van der Waals surface area (Å²) in [7, 11) is 0. The number of ether oxygens (including phenoxy) is 1. The van der Waals surface area contributed by atoms with Crippen LogP contribution in [0.25, 0.3) is 0 Å². The van der Waals surface area contributed by atoms with Crippen molar-refractivity contribution in [2.45, 2.75) is 25.9 Å². The van der Waals surface area contributed by atoms with Crippen LogP contribution in [0.3, 0.4) is 0 Å². The number of hydrogen-bond donors (Lipinski definition) is 2. The fraction of sp³-hybridized carbons (Fsp3) is 0.923. The molecule has 9 heteroatoms. The number of halogens is 4. The Morgan fingerprint density at radius 1 is 1.23 bits per heavy atom. The van der Waals surface area contributed by atoms with E-state index in [4.69, 9.17) is 4.74 Å². The second-order valence-electron chi connectivity index (χ2n) is 4.86. The third-order valence-corrected chi connectivity index (χ3v) is 3.05. The maximum absolute atomic E-state index is 12.1. The van der Waals surface area contributed by atoms with Crippen LogP contribution in [-0.2, 0) is 4.74 Å². The minimum Gasteiger partial charge on any atom is -0.379 e. The normalized spacial score (nSPS) is 17.0. The summed E-state index contributed by atoms with van der Waals surface area (Å²) in [4.78, 5) is 6.60. The summed E-state index contributed by atoms with van der Waals surface area (Å²) in [5.74, 6) is 0.448. The molecule has 22 heavy (non-hydrogen) atoms. The molecule has 0 aromatic carbocycles. The third kappa shape index (κ3) is 11.3. The average molecular weight is 438 g/mol. The monoisotopic (exact) mass is 438 g/mol. The highest BCUT2D eigenvalue weighted by molar-refractivity contribution is 14.0. The first kappa shape index (κ1) is 21.7. The second-order valence-corrected chi connectivity index (χ2v) is 4.86. The second kappa shape index (κ2) is 12.2. The molecule has 0 radical (unpaired) electrons. The highest BCUT2D eigenvalue weighted by Crippen LogP contribution is 2.17. The van der Waals surface area contributed by atoms with Gasteiger partial charge in [-0.05, 0) is 13.3 Å². The van der Waals surface area contributed by atoms with E-state index < -0.39 is 12.6 Å². The molecule has 1 heterocycles. The van der Waals surface area contributed by atoms with Crippen LogP contribution in [0.15, 0.2) is 4.99 Å². The van der Waals surface area contributed by atoms with Gasteiger partial charge in [0.2, 0.25) is 0 Å². The summed E-state index contributed by atoms with van der Waals surface area (Å²) in [6.45, 7) is 7.30. The first-order valence-electron chi connectivity index (χ1n) is 7.40. The van der Waals surface area contributed by atoms with Gasteiger partial charge in [0.15, 0.2) is 5.96 Å². The molecule has 5 nitrogen and oxygen atoms in total. The average Bonchev–Trinajstić information content (AvgIpc) is 2.43. The molecule has 0 amide bonds. The van der Waals surface area contributed by atoms with Crippen molar-refractivity contribution in [3.8, 4) is 0 Å². The zero-order valence-corrected chi connectivity index (χ0v) is 15.2. The van der Waals surface area contributed by atoms with Crippen LogP contribution in [-0.4, -0.2) is 69.5 Å². The number of morpholine rings is 1. The fourth-order valence-electron chi connectivity index (χ4n) is 1.97. The summed E-state index contributed by atoms with van der Waals surface area (Å²) in [6.07, 6.45) is -4.11. The molecule has 1 aliphatic rings. The lowest BCUT2D eigenvalue weighted by Gasteiger charge is -2.26. The molecule has 0 bridgehead atoms. The van der Waals surface area contributed by atoms with E-state index in [2.05, 4.69) is 20.5 Å². The molecular formula is C13H26F3IN4O. The van der Waals surface area contributed by atoms with E-state index >= 15 is 0 Å². The first-order valence-corrected chi connectivity index (χ1v) is 7.40. The smallest absolute Gasteiger partial charge is 0.379 e. The summed E-state index contributed by atoms with van der Waals surface area (Å²) in [5, 5.41) is 5.65. The Morgan fingerprint density at radius 2 is 1.91 bits per heavy atom. The van der Waals surface area contributed by atoms with Crippen LogP contribution < -0.4 is 10.6 Å². The van der Waals surface area contributed by atoms with Crippen molar-refractivity contribution in [1.82, 2.24) is 15.5 Å². The minimum absolute atomic E-state index is 0. The number of alkyl halides is 3. The van der Waals surface area contributed by atoms with Gasteiger partial charge >= 0.3 is 6.18 Å². The Hall–Kier alpha value is -0.290. The molecule has 0 aromatic heterocycles. The standard InChI is InChI=1S/C13H25F3N4O.HI/c1-2-17-12(19-6-4-13(14,15)16)18-5-3-7-20-8-10-21-11-9-20;/h2-11H2,1H3,(H2,17,18,19);1H. The van der Waals surface area contributed by atoms with E-state index in [-0.39, 0.29) is 30.5 Å². The molecule has 1 fully saturated rings. The molecule has 1 rings (SSSR count). The molecule has 2 N–H and O–H groups in total. The number of aliphatic imine (C=N–C) groups is 1. The van der Waals surface area contributed by atoms with Crippen LogP contribution in [0, 0.1) is 0 Å². The predicted octanol–water partition coefficient (Wildman–Crippen LogP) is 1.83. The third-order valence-electron chi connectivity index (χ3n) is 3.05. The Labute approximate surface area is 147 Å². The van der Waals surface area contributed by atoms with E-state index in [1.165, 1.54) is 0 Å². The lowest BCUT2D eigenvalue weighted by Crippen LogP contribution is -2.39. The van der Waals surface area contributed by atoms with Gasteiger partial charge in [-0.15, -0.1) is 24.0 Å². The lowest BCUT2D eigenvalue weighted by molar-refractivity contribution is -0.132. The van der Waals surface area contributed by atoms with Gasteiger partial charge in [0, 0.05) is 39.3 Å². The zero-order chi connectivity index (χ0) is 15.6. The van der Waals surface area contributed by atoms with Gasteiger partial charge in [0.25, 0.3) is 0 Å². The summed E-state index contributed by atoms with van der Waals surface area (Å²) in [6, 6.07) is 0. The predicted molar refractivity (Wildman–Crippen MR) is 91.9 cm³/mol. The van der Waals surface area contributed by atoms with Crippen molar-refractivity contribution >= 4 is 29.9 Å². The Kier molecular flexibility index (Phi) is 12.0. The van der Waals surface area contributed by atoms with Gasteiger partial charge < -0.3 is 15.4 Å². The Morgan fingerprint density at radius 3 is 2.50 bits per heavy atom. The molecule has 1 aliphatic heterocycles. The summed E-state index contributed by atoms with van der Waals surface area (Å²) < 4.78 is 41.5. The van der Waals surface area contributed by atoms with Crippen molar-refractivity contribution in [2.75, 3.05) is 52.5 Å². The van der Waals surface area contributed by atoms with E-state index in [1.54, 1.807) is 0 Å². The molecule has 132 valence electrons. The van der Waals surface area contributed by atoms with Gasteiger partial charge in [-0.3, -0.25) is 9.89 Å². The molecule has 0 aromatic rings. The molecule has 0 aliphatic carbocycles. The molecular weight excluding hydrogens is 412 g/mol. The summed E-state index contributed by atoms with van der Waals surface area (Å²) in [5.41, 5.74) is 0. The topological polar surface area (TPSA) is 48.9 Å². The zero-order valence-electron chi connectivity index (χ0n) is 12.9. The van der Waals surface area contributed by atoms with Gasteiger partial charge in [-0.2, -0.15) is 13.2 Å². The van der Waals surface area contributed by atoms with E-state index in [1.807, 2.05) is 6.92 Å². The van der Waals surface area contributed by atoms with Crippen LogP contribution in [0.5, 0.6) is 0 Å². The highest BCUT2D eigenvalue weighted by Gasteiger charge is 2.26. The van der Waals surface area contributed by atoms with E-state index in [0.29, 0.717) is 19.0 Å². The van der Waals surface area contributed by atoms with Crippen molar-refractivity contribution in [3.05, 3.63) is 0 Å². The van der Waals surface area contributed by atoms with Gasteiger partial charge in [0.05, 0.1) is 19.6 Å². The van der Waals surface area contributed by atoms with Crippen molar-refractivity contribution in [1.29, 1.82) is 0 Å². The van der Waals surface area contributed by atoms with Crippen LogP contribution >= 0.6 is 24.0 Å². The lowest BCUT2D eigenvalue weighted by atomic mass is 10.3. The largest absolute Gasteiger partial charge is 0.390 e. The van der Waals surface area contributed by atoms with Crippen LogP contribution in [0.2, 0.25) is 0 Å². The maximum Gasteiger partial charge on any atom is 0.390 e. The van der Waals surface area contributed by atoms with Crippen molar-refractivity contribution < 1.29 is 17.9 Å². The SMILES string of the molecule is CCNC(=NCCCN1CCOCC1)NCCC(F)(F)F.I. The number of guanidine groups is 1.